The highest BCUT2D eigenvalue weighted by atomic mass is 35.5. The highest BCUT2D eigenvalue weighted by Crippen LogP contribution is 2.34. The summed E-state index contributed by atoms with van der Waals surface area (Å²) in [5, 5.41) is 6.94. The van der Waals surface area contributed by atoms with Gasteiger partial charge in [-0.05, 0) is 55.5 Å². The monoisotopic (exact) mass is 558 g/mol. The topological polar surface area (TPSA) is 82.5 Å². The van der Waals surface area contributed by atoms with Gasteiger partial charge in [0.15, 0.2) is 0 Å². The van der Waals surface area contributed by atoms with Crippen molar-refractivity contribution >= 4 is 34.9 Å². The average Bonchev–Trinajstić information content (AvgIpc) is 3.10. The van der Waals surface area contributed by atoms with Crippen molar-refractivity contribution in [2.24, 2.45) is 4.99 Å². The minimum Gasteiger partial charge on any atom is -0.336 e. The molecule has 1 amide bonds. The first-order valence-electron chi connectivity index (χ1n) is 12.9. The second-order valence-corrected chi connectivity index (χ2v) is 10.3. The number of benzene rings is 3. The Labute approximate surface area is 235 Å². The summed E-state index contributed by atoms with van der Waals surface area (Å²) in [5.74, 6) is -1.09. The molecule has 1 saturated heterocycles. The molecule has 1 atom stereocenters. The quantitative estimate of drug-likeness (QED) is 0.340. The summed E-state index contributed by atoms with van der Waals surface area (Å²) in [4.78, 5) is 28.5. The van der Waals surface area contributed by atoms with E-state index in [0.717, 1.165) is 6.54 Å². The molecule has 1 fully saturated rings. The van der Waals surface area contributed by atoms with E-state index in [0.29, 0.717) is 57.7 Å². The van der Waals surface area contributed by atoms with Gasteiger partial charge in [0, 0.05) is 64.8 Å². The van der Waals surface area contributed by atoms with Gasteiger partial charge < -0.3 is 15.5 Å². The lowest BCUT2D eigenvalue weighted by atomic mass is 9.95. The smallest absolute Gasteiger partial charge is 0.253 e. The zero-order valence-electron chi connectivity index (χ0n) is 21.6. The number of hydrogen-bond acceptors (Lipinski definition) is 6. The predicted molar refractivity (Wildman–Crippen MR) is 151 cm³/mol. The lowest BCUT2D eigenvalue weighted by molar-refractivity contribution is 0.0709. The van der Waals surface area contributed by atoms with E-state index in [1.807, 2.05) is 17.0 Å². The van der Waals surface area contributed by atoms with Gasteiger partial charge in [-0.15, -0.1) is 0 Å². The van der Waals surface area contributed by atoms with Gasteiger partial charge in [0.05, 0.1) is 23.5 Å². The van der Waals surface area contributed by atoms with E-state index in [1.165, 1.54) is 18.2 Å². The molecular weight excluding hydrogens is 534 g/mol. The molecule has 2 N–H and O–H groups in total. The third-order valence-corrected chi connectivity index (χ3v) is 7.24. The van der Waals surface area contributed by atoms with Gasteiger partial charge in [0.2, 0.25) is 5.95 Å². The average molecular weight is 559 g/mol. The van der Waals surface area contributed by atoms with Gasteiger partial charge in [-0.25, -0.2) is 18.7 Å². The molecular formula is C30H25ClF2N6O. The van der Waals surface area contributed by atoms with Crippen LogP contribution in [0.2, 0.25) is 5.02 Å². The van der Waals surface area contributed by atoms with Gasteiger partial charge in [-0.1, -0.05) is 23.7 Å². The maximum Gasteiger partial charge on any atom is 0.253 e. The van der Waals surface area contributed by atoms with Crippen LogP contribution in [0.4, 0.5) is 20.4 Å². The fourth-order valence-corrected chi connectivity index (χ4v) is 5.22. The Bertz CT molecular complexity index is 1620. The number of nitrogens with zero attached hydrogens (tertiary/aromatic N) is 4. The lowest BCUT2D eigenvalue weighted by Crippen LogP contribution is -2.51. The molecule has 0 aliphatic carbocycles. The van der Waals surface area contributed by atoms with Crippen molar-refractivity contribution < 1.29 is 13.6 Å². The number of aliphatic imine (C=N–C) groups is 1. The van der Waals surface area contributed by atoms with Crippen LogP contribution in [0.15, 0.2) is 71.9 Å². The highest BCUT2D eigenvalue weighted by molar-refractivity contribution is 6.31. The van der Waals surface area contributed by atoms with Gasteiger partial charge in [-0.2, -0.15) is 0 Å². The van der Waals surface area contributed by atoms with Crippen LogP contribution in [-0.4, -0.2) is 52.2 Å². The van der Waals surface area contributed by atoms with Gasteiger partial charge in [-0.3, -0.25) is 9.79 Å². The number of amides is 1. The van der Waals surface area contributed by atoms with Crippen molar-refractivity contribution in [3.63, 3.8) is 0 Å². The third-order valence-electron chi connectivity index (χ3n) is 7.01. The Morgan fingerprint density at radius 3 is 2.60 bits per heavy atom. The molecule has 0 saturated carbocycles. The predicted octanol–water partition coefficient (Wildman–Crippen LogP) is 5.60. The summed E-state index contributed by atoms with van der Waals surface area (Å²) in [6.45, 7) is 4.31. The molecule has 3 heterocycles. The van der Waals surface area contributed by atoms with Gasteiger partial charge in [0.25, 0.3) is 5.91 Å². The van der Waals surface area contributed by atoms with E-state index in [1.54, 1.807) is 36.5 Å². The Balaban J connectivity index is 1.30. The fraction of sp³-hybridized carbons (Fsp3) is 0.200. The highest BCUT2D eigenvalue weighted by Gasteiger charge is 2.25. The van der Waals surface area contributed by atoms with E-state index in [9.17, 15) is 13.6 Å². The summed E-state index contributed by atoms with van der Waals surface area (Å²) in [7, 11) is 0. The van der Waals surface area contributed by atoms with Crippen LogP contribution in [0, 0.1) is 11.6 Å². The number of carbonyl (C=O) groups excluding carboxylic acids is 1. The molecule has 40 heavy (non-hydrogen) atoms. The van der Waals surface area contributed by atoms with Crippen molar-refractivity contribution in [3.8, 4) is 11.3 Å². The number of fused-ring (bicyclic) bond motifs is 3. The second-order valence-electron chi connectivity index (χ2n) is 9.83. The number of anilines is 2. The zero-order valence-corrected chi connectivity index (χ0v) is 22.3. The molecule has 3 aromatic carbocycles. The van der Waals surface area contributed by atoms with E-state index >= 15 is 0 Å². The molecule has 0 radical (unpaired) electrons. The third kappa shape index (κ3) is 5.05. The number of piperazine rings is 1. The molecule has 7 nitrogen and oxygen atoms in total. The normalized spacial score (nSPS) is 16.4. The summed E-state index contributed by atoms with van der Waals surface area (Å²) < 4.78 is 29.6. The largest absolute Gasteiger partial charge is 0.336 e. The molecule has 1 aromatic heterocycles. The zero-order chi connectivity index (χ0) is 27.8. The maximum absolute atomic E-state index is 14.8. The number of carbonyl (C=O) groups is 1. The van der Waals surface area contributed by atoms with Crippen molar-refractivity contribution in [2.45, 2.75) is 19.5 Å². The summed E-state index contributed by atoms with van der Waals surface area (Å²) in [6, 6.07) is 16.3. The molecule has 2 aliphatic rings. The van der Waals surface area contributed by atoms with Crippen LogP contribution in [-0.2, 0) is 6.54 Å². The van der Waals surface area contributed by atoms with E-state index in [2.05, 4.69) is 27.5 Å². The van der Waals surface area contributed by atoms with Crippen LogP contribution in [0.5, 0.6) is 0 Å². The minimum absolute atomic E-state index is 0.00135. The molecule has 0 bridgehead atoms. The molecule has 10 heteroatoms. The standard InChI is InChI=1S/C30H25ClF2N6O/c1-17-16-39(12-11-34-17)29(40)18-5-8-21(9-6-18)37-30-36-15-19-14-35-28(26-24(32)3-2-4-25(26)33)23-13-20(31)7-10-22(23)27(19)38-30/h2-10,13,15,17,34H,11-12,14,16H2,1H3,(H,36,37,38)/t17-/m1/s1. The Kier molecular flexibility index (Phi) is 7.00. The van der Waals surface area contributed by atoms with Crippen LogP contribution < -0.4 is 10.6 Å². The SMILES string of the molecule is C[C@@H]1CN(C(=O)c2ccc(Nc3ncc4c(n3)-c3ccc(Cl)cc3C(c3c(F)cccc3F)=NC4)cc2)CCN1. The first-order chi connectivity index (χ1) is 19.4. The first kappa shape index (κ1) is 26.0. The lowest BCUT2D eigenvalue weighted by Gasteiger charge is -2.32. The van der Waals surface area contributed by atoms with Crippen LogP contribution in [0.25, 0.3) is 11.3 Å². The van der Waals surface area contributed by atoms with Crippen LogP contribution in [0.3, 0.4) is 0 Å². The Morgan fingerprint density at radius 2 is 1.85 bits per heavy atom. The fourth-order valence-electron chi connectivity index (χ4n) is 5.05. The van der Waals surface area contributed by atoms with Crippen molar-refractivity contribution in [2.75, 3.05) is 25.0 Å². The summed E-state index contributed by atoms with van der Waals surface area (Å²) in [6.07, 6.45) is 1.65. The number of aromatic nitrogens is 2. The Hall–Kier alpha value is -4.21. The maximum atomic E-state index is 14.8. The minimum atomic E-state index is -0.711. The van der Waals surface area contributed by atoms with Gasteiger partial charge in [0.1, 0.15) is 11.6 Å². The van der Waals surface area contributed by atoms with Crippen molar-refractivity contribution in [3.05, 3.63) is 106 Å². The number of hydrogen-bond donors (Lipinski definition) is 2. The molecule has 6 rings (SSSR count). The first-order valence-corrected chi connectivity index (χ1v) is 13.3. The molecule has 2 aliphatic heterocycles. The van der Waals surface area contributed by atoms with Crippen molar-refractivity contribution in [1.29, 1.82) is 0 Å². The number of rotatable bonds is 4. The molecule has 4 aromatic rings. The molecule has 0 spiro atoms. The summed E-state index contributed by atoms with van der Waals surface area (Å²) >= 11 is 6.30. The van der Waals surface area contributed by atoms with Crippen molar-refractivity contribution in [1.82, 2.24) is 20.2 Å². The number of nitrogens with one attached hydrogen (secondary N) is 2. The Morgan fingerprint density at radius 1 is 1.07 bits per heavy atom. The second kappa shape index (κ2) is 10.7. The van der Waals surface area contributed by atoms with Crippen LogP contribution in [0.1, 0.15) is 34.0 Å². The molecule has 202 valence electrons. The van der Waals surface area contributed by atoms with E-state index < -0.39 is 11.6 Å². The van der Waals surface area contributed by atoms with E-state index in [4.69, 9.17) is 16.6 Å². The number of halogens is 3. The molecule has 0 unspecified atom stereocenters. The van der Waals surface area contributed by atoms with E-state index in [-0.39, 0.29) is 29.8 Å². The van der Waals surface area contributed by atoms with Gasteiger partial charge >= 0.3 is 0 Å². The van der Waals surface area contributed by atoms with Crippen LogP contribution >= 0.6 is 11.6 Å². The summed E-state index contributed by atoms with van der Waals surface area (Å²) in [5.41, 5.74) is 3.67.